The molecule has 27 heavy (non-hydrogen) atoms. The molecule has 0 atom stereocenters. The fraction of sp³-hybridized carbons (Fsp3) is 0.240. The number of hydrogen-bond donors (Lipinski definition) is 0. The van der Waals surface area contributed by atoms with E-state index < -0.39 is 0 Å². The van der Waals surface area contributed by atoms with Gasteiger partial charge in [0.05, 0.1) is 11.2 Å². The molecular weight excluding hydrogens is 350 g/mol. The standard InChI is InChI=1S/C25H22ClN/c26-20-13-10-19(11-14-20)24-16-22(17-6-2-1-3-7-17)25-21-9-5-4-8-18(21)12-15-23(25)27-24/h4-5,8-17H,1-3,6-7H2. The van der Waals surface area contributed by atoms with Gasteiger partial charge in [0.2, 0.25) is 0 Å². The van der Waals surface area contributed by atoms with Gasteiger partial charge >= 0.3 is 0 Å². The third kappa shape index (κ3) is 3.11. The van der Waals surface area contributed by atoms with E-state index in [4.69, 9.17) is 16.6 Å². The van der Waals surface area contributed by atoms with E-state index in [0.717, 1.165) is 21.8 Å². The molecule has 134 valence electrons. The maximum Gasteiger partial charge on any atom is 0.0718 e. The summed E-state index contributed by atoms with van der Waals surface area (Å²) in [5.74, 6) is 0.626. The van der Waals surface area contributed by atoms with Crippen LogP contribution < -0.4 is 0 Å². The first-order valence-corrected chi connectivity index (χ1v) is 10.3. The molecule has 0 unspecified atom stereocenters. The van der Waals surface area contributed by atoms with E-state index in [-0.39, 0.29) is 0 Å². The largest absolute Gasteiger partial charge is 0.248 e. The summed E-state index contributed by atoms with van der Waals surface area (Å²) in [7, 11) is 0. The highest BCUT2D eigenvalue weighted by molar-refractivity contribution is 6.30. The van der Waals surface area contributed by atoms with Crippen LogP contribution in [0.5, 0.6) is 0 Å². The third-order valence-corrected chi connectivity index (χ3v) is 6.17. The molecule has 0 bridgehead atoms. The second-order valence-electron chi connectivity index (χ2n) is 7.62. The zero-order chi connectivity index (χ0) is 18.2. The minimum absolute atomic E-state index is 0.626. The average molecular weight is 372 g/mol. The van der Waals surface area contributed by atoms with E-state index in [9.17, 15) is 0 Å². The van der Waals surface area contributed by atoms with Gasteiger partial charge in [-0.25, -0.2) is 4.98 Å². The van der Waals surface area contributed by atoms with Crippen LogP contribution in [0.1, 0.15) is 43.6 Å². The number of halogens is 1. The Bertz CT molecular complexity index is 1110. The van der Waals surface area contributed by atoms with Crippen LogP contribution in [0.3, 0.4) is 0 Å². The maximum atomic E-state index is 6.09. The normalized spacial score (nSPS) is 15.4. The molecule has 0 saturated heterocycles. The second-order valence-corrected chi connectivity index (χ2v) is 8.06. The van der Waals surface area contributed by atoms with Gasteiger partial charge in [-0.1, -0.05) is 73.3 Å². The van der Waals surface area contributed by atoms with Crippen molar-refractivity contribution in [3.05, 3.63) is 77.3 Å². The first kappa shape index (κ1) is 16.8. The Morgan fingerprint density at radius 2 is 1.59 bits per heavy atom. The van der Waals surface area contributed by atoms with Crippen molar-refractivity contribution < 1.29 is 0 Å². The average Bonchev–Trinajstić information content (AvgIpc) is 2.74. The van der Waals surface area contributed by atoms with Crippen LogP contribution in [0.2, 0.25) is 5.02 Å². The molecule has 0 amide bonds. The highest BCUT2D eigenvalue weighted by Crippen LogP contribution is 2.40. The first-order valence-electron chi connectivity index (χ1n) is 9.88. The predicted octanol–water partition coefficient (Wildman–Crippen LogP) is 7.76. The summed E-state index contributed by atoms with van der Waals surface area (Å²) < 4.78 is 0. The van der Waals surface area contributed by atoms with Crippen molar-refractivity contribution in [3.63, 3.8) is 0 Å². The minimum atomic E-state index is 0.626. The molecule has 1 heterocycles. The minimum Gasteiger partial charge on any atom is -0.248 e. The lowest BCUT2D eigenvalue weighted by atomic mass is 9.81. The zero-order valence-electron chi connectivity index (χ0n) is 15.3. The van der Waals surface area contributed by atoms with Crippen LogP contribution in [0.15, 0.2) is 66.7 Å². The number of fused-ring (bicyclic) bond motifs is 3. The fourth-order valence-electron chi connectivity index (χ4n) is 4.54. The summed E-state index contributed by atoms with van der Waals surface area (Å²) in [5.41, 5.74) is 4.75. The van der Waals surface area contributed by atoms with E-state index in [1.807, 2.05) is 12.1 Å². The number of rotatable bonds is 2. The van der Waals surface area contributed by atoms with E-state index in [0.29, 0.717) is 5.92 Å². The number of hydrogen-bond acceptors (Lipinski definition) is 1. The molecular formula is C25H22ClN. The second kappa shape index (κ2) is 6.98. The van der Waals surface area contributed by atoms with E-state index >= 15 is 0 Å². The number of nitrogens with zero attached hydrogens (tertiary/aromatic N) is 1. The lowest BCUT2D eigenvalue weighted by Gasteiger charge is -2.24. The highest BCUT2D eigenvalue weighted by Gasteiger charge is 2.20. The lowest BCUT2D eigenvalue weighted by molar-refractivity contribution is 0.445. The fourth-order valence-corrected chi connectivity index (χ4v) is 4.67. The van der Waals surface area contributed by atoms with Crippen LogP contribution in [-0.4, -0.2) is 4.98 Å². The SMILES string of the molecule is Clc1ccc(-c2cc(C3CCCCC3)c3c(ccc4ccccc43)n2)cc1. The molecule has 1 fully saturated rings. The van der Waals surface area contributed by atoms with Gasteiger partial charge in [-0.3, -0.25) is 0 Å². The molecule has 4 aromatic rings. The van der Waals surface area contributed by atoms with Crippen LogP contribution in [0, 0.1) is 0 Å². The molecule has 3 aromatic carbocycles. The van der Waals surface area contributed by atoms with Gasteiger partial charge in [0.15, 0.2) is 0 Å². The first-order chi connectivity index (χ1) is 13.3. The predicted molar refractivity (Wildman–Crippen MR) is 116 cm³/mol. The Hall–Kier alpha value is -2.38. The van der Waals surface area contributed by atoms with Gasteiger partial charge in [-0.2, -0.15) is 0 Å². The Morgan fingerprint density at radius 1 is 0.815 bits per heavy atom. The quantitative estimate of drug-likeness (QED) is 0.328. The van der Waals surface area contributed by atoms with Crippen molar-refractivity contribution in [1.29, 1.82) is 0 Å². The van der Waals surface area contributed by atoms with Crippen molar-refractivity contribution in [1.82, 2.24) is 4.98 Å². The summed E-state index contributed by atoms with van der Waals surface area (Å²) in [6.07, 6.45) is 6.58. The van der Waals surface area contributed by atoms with E-state index in [1.54, 1.807) is 0 Å². The molecule has 1 aliphatic carbocycles. The third-order valence-electron chi connectivity index (χ3n) is 5.91. The van der Waals surface area contributed by atoms with Crippen LogP contribution in [0.4, 0.5) is 0 Å². The number of benzene rings is 3. The molecule has 1 saturated carbocycles. The van der Waals surface area contributed by atoms with Crippen LogP contribution in [0.25, 0.3) is 32.9 Å². The highest BCUT2D eigenvalue weighted by atomic mass is 35.5. The van der Waals surface area contributed by atoms with Gasteiger partial charge < -0.3 is 0 Å². The monoisotopic (exact) mass is 371 g/mol. The maximum absolute atomic E-state index is 6.09. The Balaban J connectivity index is 1.79. The van der Waals surface area contributed by atoms with Gasteiger partial charge in [0, 0.05) is 16.0 Å². The van der Waals surface area contributed by atoms with Crippen LogP contribution >= 0.6 is 11.6 Å². The summed E-state index contributed by atoms with van der Waals surface area (Å²) >= 11 is 6.09. The smallest absolute Gasteiger partial charge is 0.0718 e. The summed E-state index contributed by atoms with van der Waals surface area (Å²) in [4.78, 5) is 5.04. The van der Waals surface area contributed by atoms with Gasteiger partial charge in [-0.15, -0.1) is 0 Å². The summed E-state index contributed by atoms with van der Waals surface area (Å²) in [5, 5.41) is 4.73. The molecule has 5 rings (SSSR count). The molecule has 0 N–H and O–H groups in total. The van der Waals surface area contributed by atoms with Crippen molar-refractivity contribution in [2.75, 3.05) is 0 Å². The van der Waals surface area contributed by atoms with Crippen molar-refractivity contribution in [2.24, 2.45) is 0 Å². The number of pyridine rings is 1. The topological polar surface area (TPSA) is 12.9 Å². The van der Waals surface area contributed by atoms with Gasteiger partial charge in [-0.05, 0) is 59.4 Å². The zero-order valence-corrected chi connectivity index (χ0v) is 16.0. The van der Waals surface area contributed by atoms with Crippen LogP contribution in [-0.2, 0) is 0 Å². The Labute approximate surface area is 165 Å². The molecule has 1 aromatic heterocycles. The molecule has 0 radical (unpaired) electrons. The van der Waals surface area contributed by atoms with Crippen molar-refractivity contribution >= 4 is 33.3 Å². The van der Waals surface area contributed by atoms with Crippen molar-refractivity contribution in [3.8, 4) is 11.3 Å². The summed E-state index contributed by atoms with van der Waals surface area (Å²) in [6.45, 7) is 0. The van der Waals surface area contributed by atoms with Crippen molar-refractivity contribution in [2.45, 2.75) is 38.0 Å². The van der Waals surface area contributed by atoms with Gasteiger partial charge in [0.1, 0.15) is 0 Å². The molecule has 1 aliphatic rings. The lowest BCUT2D eigenvalue weighted by Crippen LogP contribution is -2.06. The number of aromatic nitrogens is 1. The molecule has 2 heteroatoms. The van der Waals surface area contributed by atoms with E-state index in [2.05, 4.69) is 54.6 Å². The molecule has 0 spiro atoms. The summed E-state index contributed by atoms with van der Waals surface area (Å²) in [6, 6.07) is 23.5. The molecule has 0 aliphatic heterocycles. The Kier molecular flexibility index (Phi) is 4.33. The van der Waals surface area contributed by atoms with E-state index in [1.165, 1.54) is 53.8 Å². The Morgan fingerprint density at radius 3 is 2.41 bits per heavy atom. The van der Waals surface area contributed by atoms with Gasteiger partial charge in [0.25, 0.3) is 0 Å². The molecule has 1 nitrogen and oxygen atoms in total.